The number of nitrogens with one attached hydrogen (secondary N) is 1. The van der Waals surface area contributed by atoms with Gasteiger partial charge >= 0.3 is 6.09 Å². The van der Waals surface area contributed by atoms with E-state index in [4.69, 9.17) is 4.74 Å². The first-order valence-corrected chi connectivity index (χ1v) is 9.39. The molecular weight excluding hydrogens is 312 g/mol. The van der Waals surface area contributed by atoms with E-state index < -0.39 is 5.60 Å². The Bertz CT molecular complexity index is 551. The quantitative estimate of drug-likeness (QED) is 0.879. The second-order valence-electron chi connectivity index (χ2n) is 8.53. The first-order valence-electron chi connectivity index (χ1n) is 9.39. The number of piperidine rings is 1. The van der Waals surface area contributed by atoms with E-state index in [0.29, 0.717) is 23.9 Å². The maximum Gasteiger partial charge on any atom is 0.407 e. The van der Waals surface area contributed by atoms with E-state index in [0.717, 1.165) is 6.54 Å². The third-order valence-corrected chi connectivity index (χ3v) is 5.59. The van der Waals surface area contributed by atoms with Crippen LogP contribution >= 0.6 is 0 Å². The van der Waals surface area contributed by atoms with Crippen LogP contribution < -0.4 is 5.32 Å². The fraction of sp³-hybridized carbons (Fsp3) is 0.667. The monoisotopic (exact) mass is 346 g/mol. The Balaban J connectivity index is 2.09. The molecule has 0 spiro atoms. The van der Waals surface area contributed by atoms with Gasteiger partial charge in [0, 0.05) is 24.7 Å². The van der Waals surface area contributed by atoms with Crippen LogP contribution in [0, 0.1) is 11.8 Å². The number of alkyl carbamates (subject to hydrolysis) is 1. The van der Waals surface area contributed by atoms with E-state index in [-0.39, 0.29) is 12.1 Å². The molecule has 0 saturated carbocycles. The number of carbonyl (C=O) groups is 1. The number of ether oxygens (including phenoxy) is 1. The summed E-state index contributed by atoms with van der Waals surface area (Å²) in [5.41, 5.74) is 0.862. The zero-order valence-electron chi connectivity index (χ0n) is 16.7. The number of carbonyl (C=O) groups excluding carboxylic acids is 1. The van der Waals surface area contributed by atoms with Crippen LogP contribution in [0.4, 0.5) is 4.79 Å². The molecule has 2 rings (SSSR count). The molecule has 1 saturated heterocycles. The van der Waals surface area contributed by atoms with E-state index in [1.54, 1.807) is 0 Å². The van der Waals surface area contributed by atoms with Crippen molar-refractivity contribution in [3.05, 3.63) is 35.9 Å². The minimum atomic E-state index is -0.470. The van der Waals surface area contributed by atoms with Gasteiger partial charge in [0.05, 0.1) is 0 Å². The van der Waals surface area contributed by atoms with Gasteiger partial charge in [0.2, 0.25) is 0 Å². The molecule has 0 unspecified atom stereocenters. The van der Waals surface area contributed by atoms with Gasteiger partial charge in [-0.15, -0.1) is 0 Å². The fourth-order valence-corrected chi connectivity index (χ4v) is 3.84. The molecule has 1 aliphatic rings. The summed E-state index contributed by atoms with van der Waals surface area (Å²) in [6.45, 7) is 15.6. The minimum absolute atomic E-state index is 0.117. The van der Waals surface area contributed by atoms with Gasteiger partial charge in [-0.3, -0.25) is 4.90 Å². The zero-order chi connectivity index (χ0) is 18.8. The maximum absolute atomic E-state index is 12.3. The maximum atomic E-state index is 12.3. The highest BCUT2D eigenvalue weighted by Crippen LogP contribution is 2.33. The van der Waals surface area contributed by atoms with Gasteiger partial charge in [-0.25, -0.2) is 4.79 Å². The predicted molar refractivity (Wildman–Crippen MR) is 102 cm³/mol. The Labute approximate surface area is 152 Å². The first kappa shape index (κ1) is 19.8. The van der Waals surface area contributed by atoms with Crippen LogP contribution in [0.3, 0.4) is 0 Å². The van der Waals surface area contributed by atoms with Crippen LogP contribution in [0.25, 0.3) is 0 Å². The summed E-state index contributed by atoms with van der Waals surface area (Å²) in [6.07, 6.45) is -0.313. The highest BCUT2D eigenvalue weighted by atomic mass is 16.6. The third kappa shape index (κ3) is 4.97. The molecule has 1 aromatic carbocycles. The molecule has 1 aromatic rings. The van der Waals surface area contributed by atoms with E-state index in [9.17, 15) is 4.79 Å². The Morgan fingerprint density at radius 1 is 1.04 bits per heavy atom. The molecule has 140 valence electrons. The first-order chi connectivity index (χ1) is 11.6. The average Bonchev–Trinajstić information content (AvgIpc) is 2.53. The number of likely N-dealkylation sites (tertiary alicyclic amines) is 1. The van der Waals surface area contributed by atoms with Crippen molar-refractivity contribution in [2.75, 3.05) is 0 Å². The van der Waals surface area contributed by atoms with Crippen LogP contribution in [0.15, 0.2) is 30.3 Å². The van der Waals surface area contributed by atoms with Crippen molar-refractivity contribution in [1.29, 1.82) is 0 Å². The number of hydrogen-bond acceptors (Lipinski definition) is 3. The molecule has 1 fully saturated rings. The Morgan fingerprint density at radius 2 is 1.56 bits per heavy atom. The SMILES string of the molecule is C[C@@H]1C(NC(=O)OC(C)(C)C)[C@@H](C)[C@@H](C)N(Cc2ccccc2)[C@@H]1C. The molecule has 1 N–H and O–H groups in total. The van der Waals surface area contributed by atoms with E-state index in [1.165, 1.54) is 5.56 Å². The van der Waals surface area contributed by atoms with Crippen molar-refractivity contribution in [2.24, 2.45) is 11.8 Å². The average molecular weight is 347 g/mol. The summed E-state index contributed by atoms with van der Waals surface area (Å²) >= 11 is 0. The molecule has 0 bridgehead atoms. The van der Waals surface area contributed by atoms with Gasteiger partial charge in [-0.2, -0.15) is 0 Å². The molecule has 1 aliphatic heterocycles. The summed E-state index contributed by atoms with van der Waals surface area (Å²) < 4.78 is 5.47. The van der Waals surface area contributed by atoms with Crippen molar-refractivity contribution in [3.63, 3.8) is 0 Å². The number of amides is 1. The lowest BCUT2D eigenvalue weighted by molar-refractivity contribution is -0.0119. The summed E-state index contributed by atoms with van der Waals surface area (Å²) in [6, 6.07) is 11.5. The molecule has 25 heavy (non-hydrogen) atoms. The Morgan fingerprint density at radius 3 is 2.04 bits per heavy atom. The van der Waals surface area contributed by atoms with Gasteiger partial charge in [0.1, 0.15) is 5.60 Å². The van der Waals surface area contributed by atoms with Gasteiger partial charge in [0.25, 0.3) is 0 Å². The topological polar surface area (TPSA) is 41.6 Å². The highest BCUT2D eigenvalue weighted by Gasteiger charge is 2.42. The van der Waals surface area contributed by atoms with Crippen molar-refractivity contribution < 1.29 is 9.53 Å². The van der Waals surface area contributed by atoms with Crippen molar-refractivity contribution in [3.8, 4) is 0 Å². The van der Waals surface area contributed by atoms with E-state index in [2.05, 4.69) is 68.2 Å². The summed E-state index contributed by atoms with van der Waals surface area (Å²) in [7, 11) is 0. The van der Waals surface area contributed by atoms with Crippen LogP contribution in [0.2, 0.25) is 0 Å². The fourth-order valence-electron chi connectivity index (χ4n) is 3.84. The normalized spacial score (nSPS) is 30.8. The lowest BCUT2D eigenvalue weighted by Crippen LogP contribution is -2.62. The van der Waals surface area contributed by atoms with Crippen LogP contribution in [0.1, 0.15) is 54.0 Å². The summed E-state index contributed by atoms with van der Waals surface area (Å²) in [4.78, 5) is 14.8. The third-order valence-electron chi connectivity index (χ3n) is 5.59. The summed E-state index contributed by atoms with van der Waals surface area (Å²) in [5, 5.41) is 3.13. The van der Waals surface area contributed by atoms with Crippen LogP contribution in [-0.4, -0.2) is 34.7 Å². The van der Waals surface area contributed by atoms with Crippen molar-refractivity contribution in [2.45, 2.75) is 78.7 Å². The molecule has 0 aromatic heterocycles. The molecule has 0 aliphatic carbocycles. The molecule has 4 nitrogen and oxygen atoms in total. The number of nitrogens with zero attached hydrogens (tertiary/aromatic N) is 1. The van der Waals surface area contributed by atoms with Gasteiger partial charge in [0.15, 0.2) is 0 Å². The standard InChI is InChI=1S/C21H34N2O2/c1-14-16(3)23(13-18-11-9-8-10-12-18)17(4)15(2)19(14)22-20(24)25-21(5,6)7/h8-12,14-17,19H,13H2,1-7H3,(H,22,24)/t14-,15-,16+,17+/m0/s1. The van der Waals surface area contributed by atoms with Gasteiger partial charge < -0.3 is 10.1 Å². The summed E-state index contributed by atoms with van der Waals surface area (Å²) in [5.74, 6) is 0.699. The smallest absolute Gasteiger partial charge is 0.407 e. The van der Waals surface area contributed by atoms with Gasteiger partial charge in [-0.05, 0) is 52.0 Å². The Hall–Kier alpha value is -1.55. The van der Waals surface area contributed by atoms with E-state index in [1.807, 2.05) is 20.8 Å². The highest BCUT2D eigenvalue weighted by molar-refractivity contribution is 5.68. The minimum Gasteiger partial charge on any atom is -0.444 e. The van der Waals surface area contributed by atoms with Crippen LogP contribution in [-0.2, 0) is 11.3 Å². The van der Waals surface area contributed by atoms with E-state index >= 15 is 0 Å². The number of hydrogen-bond donors (Lipinski definition) is 1. The second-order valence-corrected chi connectivity index (χ2v) is 8.53. The zero-order valence-corrected chi connectivity index (χ0v) is 16.7. The van der Waals surface area contributed by atoms with Crippen LogP contribution in [0.5, 0.6) is 0 Å². The molecule has 4 heteroatoms. The molecular formula is C21H34N2O2. The molecule has 1 heterocycles. The van der Waals surface area contributed by atoms with Crippen molar-refractivity contribution >= 4 is 6.09 Å². The number of benzene rings is 1. The lowest BCUT2D eigenvalue weighted by Gasteiger charge is -2.50. The van der Waals surface area contributed by atoms with Crippen molar-refractivity contribution in [1.82, 2.24) is 10.2 Å². The number of rotatable bonds is 3. The van der Waals surface area contributed by atoms with Gasteiger partial charge in [-0.1, -0.05) is 44.2 Å². The predicted octanol–water partition coefficient (Wildman–Crippen LogP) is 4.44. The lowest BCUT2D eigenvalue weighted by atomic mass is 9.76. The second kappa shape index (κ2) is 7.77. The Kier molecular flexibility index (Phi) is 6.15. The largest absolute Gasteiger partial charge is 0.444 e. The molecule has 4 atom stereocenters. The molecule has 1 amide bonds. The molecule has 0 radical (unpaired) electrons.